The molecule has 0 amide bonds. The van der Waals surface area contributed by atoms with Crippen molar-refractivity contribution in [3.8, 4) is 0 Å². The molecule has 0 aromatic heterocycles. The summed E-state index contributed by atoms with van der Waals surface area (Å²) in [5.41, 5.74) is 0.449. The van der Waals surface area contributed by atoms with Crippen molar-refractivity contribution in [1.82, 2.24) is 0 Å². The van der Waals surface area contributed by atoms with Gasteiger partial charge in [0.2, 0.25) is 0 Å². The Bertz CT molecular complexity index is 339. The van der Waals surface area contributed by atoms with Gasteiger partial charge >= 0.3 is 0 Å². The van der Waals surface area contributed by atoms with Crippen molar-refractivity contribution < 1.29 is 14.4 Å². The fraction of sp³-hybridized carbons (Fsp3) is 0.400. The number of non-ortho nitro benzene ring substituents is 1. The third-order valence-electron chi connectivity index (χ3n) is 2.23. The first-order valence-corrected chi connectivity index (χ1v) is 4.54. The second kappa shape index (κ2) is 4.84. The van der Waals surface area contributed by atoms with E-state index in [4.69, 9.17) is 0 Å². The van der Waals surface area contributed by atoms with E-state index in [-0.39, 0.29) is 5.69 Å². The van der Waals surface area contributed by atoms with E-state index in [0.717, 1.165) is 0 Å². The summed E-state index contributed by atoms with van der Waals surface area (Å²) in [5, 5.41) is 20.0. The Morgan fingerprint density at radius 3 is 2.40 bits per heavy atom. The van der Waals surface area contributed by atoms with Gasteiger partial charge in [-0.2, -0.15) is 0 Å². The number of halogens is 1. The molecule has 1 aromatic rings. The molecule has 5 heteroatoms. The fourth-order valence-electron chi connectivity index (χ4n) is 1.21. The molecule has 1 N–H and O–H groups in total. The number of nitro benzene ring substituents is 1. The van der Waals surface area contributed by atoms with Gasteiger partial charge in [0.15, 0.2) is 0 Å². The van der Waals surface area contributed by atoms with Gasteiger partial charge in [-0.3, -0.25) is 14.5 Å². The summed E-state index contributed by atoms with van der Waals surface area (Å²) in [6, 6.07) is 5.47. The summed E-state index contributed by atoms with van der Waals surface area (Å²) in [5.74, 6) is -0.508. The van der Waals surface area contributed by atoms with E-state index in [1.54, 1.807) is 6.92 Å². The number of hydrogen-bond donors (Lipinski definition) is 1. The molecule has 82 valence electrons. The molecule has 0 heterocycles. The molecule has 0 aliphatic rings. The first-order valence-electron chi connectivity index (χ1n) is 4.54. The van der Waals surface area contributed by atoms with Crippen LogP contribution < -0.4 is 0 Å². The summed E-state index contributed by atoms with van der Waals surface area (Å²) in [6.07, 6.45) is -0.921. The van der Waals surface area contributed by atoms with Crippen molar-refractivity contribution in [2.45, 2.75) is 13.0 Å². The Balaban J connectivity index is 2.84. The predicted octanol–water partition coefficient (Wildman–Crippen LogP) is 2.23. The van der Waals surface area contributed by atoms with Crippen LogP contribution in [0.25, 0.3) is 0 Å². The summed E-state index contributed by atoms with van der Waals surface area (Å²) in [6.45, 7) is 0.949. The molecule has 0 aliphatic heterocycles. The highest BCUT2D eigenvalue weighted by Crippen LogP contribution is 2.23. The van der Waals surface area contributed by atoms with Gasteiger partial charge in [0, 0.05) is 18.1 Å². The van der Waals surface area contributed by atoms with E-state index in [2.05, 4.69) is 0 Å². The lowest BCUT2D eigenvalue weighted by Crippen LogP contribution is -2.10. The number of aliphatic hydroxyl groups is 1. The average Bonchev–Trinajstić information content (AvgIpc) is 2.27. The minimum atomic E-state index is -0.921. The smallest absolute Gasteiger partial charge is 0.269 e. The highest BCUT2D eigenvalue weighted by molar-refractivity contribution is 5.33. The molecule has 0 aliphatic carbocycles. The average molecular weight is 213 g/mol. The van der Waals surface area contributed by atoms with E-state index >= 15 is 0 Å². The predicted molar refractivity (Wildman–Crippen MR) is 53.2 cm³/mol. The summed E-state index contributed by atoms with van der Waals surface area (Å²) in [4.78, 5) is 9.84. The van der Waals surface area contributed by atoms with Crippen LogP contribution in [-0.4, -0.2) is 16.7 Å². The number of hydrogen-bond acceptors (Lipinski definition) is 3. The van der Waals surface area contributed by atoms with E-state index in [9.17, 15) is 19.6 Å². The van der Waals surface area contributed by atoms with Crippen molar-refractivity contribution in [3.63, 3.8) is 0 Å². The highest BCUT2D eigenvalue weighted by atomic mass is 19.1. The molecule has 1 aromatic carbocycles. The molecule has 4 nitrogen and oxygen atoms in total. The van der Waals surface area contributed by atoms with Crippen LogP contribution in [0, 0.1) is 16.0 Å². The van der Waals surface area contributed by atoms with Gasteiger partial charge < -0.3 is 5.11 Å². The molecular weight excluding hydrogens is 201 g/mol. The fourth-order valence-corrected chi connectivity index (χ4v) is 1.21. The second-order valence-corrected chi connectivity index (χ2v) is 3.43. The monoisotopic (exact) mass is 213 g/mol. The van der Waals surface area contributed by atoms with Gasteiger partial charge in [-0.15, -0.1) is 0 Å². The quantitative estimate of drug-likeness (QED) is 0.616. The second-order valence-electron chi connectivity index (χ2n) is 3.43. The van der Waals surface area contributed by atoms with Gasteiger partial charge in [0.05, 0.1) is 17.7 Å². The Kier molecular flexibility index (Phi) is 3.74. The molecular formula is C10H12FNO3. The SMILES string of the molecule is C[C@H](CF)[C@H](O)c1ccc([N+](=O)[O-])cc1. The maximum Gasteiger partial charge on any atom is 0.269 e. The van der Waals surface area contributed by atoms with Gasteiger partial charge in [-0.05, 0) is 17.7 Å². The van der Waals surface area contributed by atoms with E-state index < -0.39 is 23.6 Å². The molecule has 0 saturated carbocycles. The van der Waals surface area contributed by atoms with E-state index in [0.29, 0.717) is 5.56 Å². The molecule has 15 heavy (non-hydrogen) atoms. The van der Waals surface area contributed by atoms with Crippen LogP contribution in [0.1, 0.15) is 18.6 Å². The summed E-state index contributed by atoms with van der Waals surface area (Å²) in [7, 11) is 0. The zero-order valence-corrected chi connectivity index (χ0v) is 8.26. The number of nitrogens with zero attached hydrogens (tertiary/aromatic N) is 1. The summed E-state index contributed by atoms with van der Waals surface area (Å²) < 4.78 is 12.3. The molecule has 0 spiro atoms. The molecule has 0 bridgehead atoms. The number of alkyl halides is 1. The van der Waals surface area contributed by atoms with Crippen LogP contribution in [0.15, 0.2) is 24.3 Å². The maximum atomic E-state index is 12.3. The number of benzene rings is 1. The molecule has 0 radical (unpaired) electrons. The minimum absolute atomic E-state index is 0.0427. The van der Waals surface area contributed by atoms with Crippen LogP contribution in [-0.2, 0) is 0 Å². The normalized spacial score (nSPS) is 14.6. The van der Waals surface area contributed by atoms with Crippen LogP contribution in [0.5, 0.6) is 0 Å². The van der Waals surface area contributed by atoms with Crippen molar-refractivity contribution in [3.05, 3.63) is 39.9 Å². The number of aliphatic hydroxyl groups excluding tert-OH is 1. The van der Waals surface area contributed by atoms with Crippen LogP contribution in [0.2, 0.25) is 0 Å². The van der Waals surface area contributed by atoms with Crippen LogP contribution >= 0.6 is 0 Å². The first kappa shape index (κ1) is 11.6. The van der Waals surface area contributed by atoms with Gasteiger partial charge in [0.25, 0.3) is 5.69 Å². The first-order chi connectivity index (χ1) is 7.06. The Labute approximate surface area is 86.5 Å². The standard InChI is InChI=1S/C10H12FNO3/c1-7(6-11)10(13)8-2-4-9(5-3-8)12(14)15/h2-5,7,10,13H,6H2,1H3/t7-,10+/m1/s1. The lowest BCUT2D eigenvalue weighted by molar-refractivity contribution is -0.384. The van der Waals surface area contributed by atoms with Crippen molar-refractivity contribution in [2.24, 2.45) is 5.92 Å². The number of nitro groups is 1. The lowest BCUT2D eigenvalue weighted by Gasteiger charge is -2.15. The minimum Gasteiger partial charge on any atom is -0.388 e. The summed E-state index contributed by atoms with van der Waals surface area (Å²) >= 11 is 0. The zero-order chi connectivity index (χ0) is 11.4. The largest absolute Gasteiger partial charge is 0.388 e. The molecule has 0 unspecified atom stereocenters. The van der Waals surface area contributed by atoms with Crippen LogP contribution in [0.4, 0.5) is 10.1 Å². The third-order valence-corrected chi connectivity index (χ3v) is 2.23. The lowest BCUT2D eigenvalue weighted by atomic mass is 9.98. The van der Waals surface area contributed by atoms with Gasteiger partial charge in [0.1, 0.15) is 0 Å². The Morgan fingerprint density at radius 1 is 1.47 bits per heavy atom. The van der Waals surface area contributed by atoms with Crippen molar-refractivity contribution in [2.75, 3.05) is 6.67 Å². The van der Waals surface area contributed by atoms with Crippen molar-refractivity contribution in [1.29, 1.82) is 0 Å². The molecule has 0 saturated heterocycles. The molecule has 1 rings (SSSR count). The van der Waals surface area contributed by atoms with Gasteiger partial charge in [-0.1, -0.05) is 6.92 Å². The molecule has 0 fully saturated rings. The number of rotatable bonds is 4. The Morgan fingerprint density at radius 2 is 2.00 bits per heavy atom. The topological polar surface area (TPSA) is 63.4 Å². The third kappa shape index (κ3) is 2.73. The van der Waals surface area contributed by atoms with Crippen LogP contribution in [0.3, 0.4) is 0 Å². The Hall–Kier alpha value is -1.49. The molecule has 2 atom stereocenters. The van der Waals surface area contributed by atoms with Gasteiger partial charge in [-0.25, -0.2) is 0 Å². The highest BCUT2D eigenvalue weighted by Gasteiger charge is 2.16. The van der Waals surface area contributed by atoms with Crippen molar-refractivity contribution >= 4 is 5.69 Å². The van der Waals surface area contributed by atoms with E-state index in [1.165, 1.54) is 24.3 Å². The van der Waals surface area contributed by atoms with E-state index in [1.807, 2.05) is 0 Å². The zero-order valence-electron chi connectivity index (χ0n) is 8.26. The maximum absolute atomic E-state index is 12.3.